The van der Waals surface area contributed by atoms with Gasteiger partial charge >= 0.3 is 11.9 Å². The van der Waals surface area contributed by atoms with Gasteiger partial charge in [0.05, 0.1) is 32.5 Å². The number of carbonyl (C=O) groups excluding carboxylic acids is 2. The molecule has 0 aromatic carbocycles. The van der Waals surface area contributed by atoms with E-state index in [-0.39, 0.29) is 43.8 Å². The molecule has 86 heavy (non-hydrogen) atoms. The monoisotopic (exact) mass is 1230 g/mol. The second-order valence-electron chi connectivity index (χ2n) is 25.6. The van der Waals surface area contributed by atoms with Crippen LogP contribution in [0.2, 0.25) is 0 Å². The number of aliphatic hydroxyl groups excluding tert-OH is 7. The summed E-state index contributed by atoms with van der Waals surface area (Å²) in [5, 5.41) is 71.5. The molecule has 0 saturated carbocycles. The molecule has 2 aliphatic rings. The highest BCUT2D eigenvalue weighted by molar-refractivity contribution is 5.69. The SMILES string of the molecule is CCCCCCCCC(CCCCCCCC)OC(=O)CCCCCCCN(CCCCCCCC(=O)OC(CCCCCCCC)CCCCCCCC)CCCN(CCOC1O[C@@H](CO)[C@@H](O)C(O)[C@H]1O)CCOC1O[C@H](CO)C(O)C[C@@H]1O. The summed E-state index contributed by atoms with van der Waals surface area (Å²) in [5.41, 5.74) is 0. The smallest absolute Gasteiger partial charge is 0.306 e. The molecule has 0 aliphatic carbocycles. The number of rotatable bonds is 60. The zero-order valence-corrected chi connectivity index (χ0v) is 55.4. The maximum absolute atomic E-state index is 13.1. The highest BCUT2D eigenvalue weighted by atomic mass is 16.7. The Morgan fingerprint density at radius 1 is 0.384 bits per heavy atom. The van der Waals surface area contributed by atoms with Crippen LogP contribution in [-0.4, -0.2) is 191 Å². The van der Waals surface area contributed by atoms with E-state index >= 15 is 0 Å². The molecule has 2 saturated heterocycles. The summed E-state index contributed by atoms with van der Waals surface area (Å²) < 4.78 is 35.4. The second kappa shape index (κ2) is 55.1. The maximum Gasteiger partial charge on any atom is 0.306 e. The molecular formula is C69H134N2O15. The summed E-state index contributed by atoms with van der Waals surface area (Å²) in [6, 6.07) is 0. The maximum atomic E-state index is 13.1. The van der Waals surface area contributed by atoms with E-state index in [4.69, 9.17) is 28.4 Å². The van der Waals surface area contributed by atoms with Crippen LogP contribution in [-0.2, 0) is 38.0 Å². The van der Waals surface area contributed by atoms with Crippen LogP contribution in [0.15, 0.2) is 0 Å². The van der Waals surface area contributed by atoms with Gasteiger partial charge in [0.2, 0.25) is 0 Å². The van der Waals surface area contributed by atoms with Crippen LogP contribution in [0.1, 0.15) is 297 Å². The van der Waals surface area contributed by atoms with Crippen LogP contribution in [0, 0.1) is 0 Å². The predicted molar refractivity (Wildman–Crippen MR) is 343 cm³/mol. The van der Waals surface area contributed by atoms with Gasteiger partial charge in [-0.05, 0) is 110 Å². The van der Waals surface area contributed by atoms with Gasteiger partial charge in [-0.1, -0.05) is 195 Å². The summed E-state index contributed by atoms with van der Waals surface area (Å²) >= 11 is 0. The quantitative estimate of drug-likeness (QED) is 0.0221. The van der Waals surface area contributed by atoms with Crippen molar-refractivity contribution in [1.29, 1.82) is 0 Å². The van der Waals surface area contributed by atoms with Crippen molar-refractivity contribution in [3.8, 4) is 0 Å². The molecule has 0 spiro atoms. The molecule has 17 heteroatoms. The Kier molecular flexibility index (Phi) is 51.6. The summed E-state index contributed by atoms with van der Waals surface area (Å²) in [6.45, 7) is 12.5. The molecule has 2 rings (SSSR count). The van der Waals surface area contributed by atoms with Gasteiger partial charge in [0, 0.05) is 32.4 Å². The average Bonchev–Trinajstić information content (AvgIpc) is 3.68. The van der Waals surface area contributed by atoms with Crippen LogP contribution in [0.5, 0.6) is 0 Å². The van der Waals surface area contributed by atoms with Crippen LogP contribution in [0.4, 0.5) is 0 Å². The normalized spacial score (nSPS) is 21.8. The van der Waals surface area contributed by atoms with E-state index in [0.717, 1.165) is 142 Å². The molecular weight excluding hydrogens is 1100 g/mol. The third kappa shape index (κ3) is 40.3. The topological polar surface area (TPSA) is 238 Å². The number of hydrogen-bond donors (Lipinski definition) is 7. The Morgan fingerprint density at radius 2 is 0.721 bits per heavy atom. The molecule has 4 unspecified atom stereocenters. The summed E-state index contributed by atoms with van der Waals surface area (Å²) in [4.78, 5) is 31.0. The molecule has 2 aliphatic heterocycles. The van der Waals surface area contributed by atoms with E-state index in [1.165, 1.54) is 128 Å². The first-order valence-corrected chi connectivity index (χ1v) is 35.9. The van der Waals surface area contributed by atoms with Gasteiger partial charge in [-0.15, -0.1) is 0 Å². The Morgan fingerprint density at radius 3 is 1.13 bits per heavy atom. The molecule has 2 heterocycles. The van der Waals surface area contributed by atoms with Crippen molar-refractivity contribution >= 4 is 11.9 Å². The van der Waals surface area contributed by atoms with Crippen LogP contribution in [0.25, 0.3) is 0 Å². The zero-order valence-electron chi connectivity index (χ0n) is 55.4. The van der Waals surface area contributed by atoms with E-state index < -0.39 is 68.5 Å². The summed E-state index contributed by atoms with van der Waals surface area (Å²) in [7, 11) is 0. The molecule has 0 aromatic heterocycles. The number of carbonyl (C=O) groups is 2. The van der Waals surface area contributed by atoms with Crippen LogP contribution in [0.3, 0.4) is 0 Å². The van der Waals surface area contributed by atoms with Crippen LogP contribution >= 0.6 is 0 Å². The minimum absolute atomic E-state index is 0.0179. The van der Waals surface area contributed by atoms with Gasteiger partial charge in [0.25, 0.3) is 0 Å². The lowest BCUT2D eigenvalue weighted by molar-refractivity contribution is -0.301. The predicted octanol–water partition coefficient (Wildman–Crippen LogP) is 12.1. The Labute approximate surface area is 524 Å². The molecule has 7 N–H and O–H groups in total. The van der Waals surface area contributed by atoms with Gasteiger partial charge in [0.15, 0.2) is 12.6 Å². The fourth-order valence-electron chi connectivity index (χ4n) is 12.1. The lowest BCUT2D eigenvalue weighted by Crippen LogP contribution is -2.59. The van der Waals surface area contributed by atoms with Crippen molar-refractivity contribution < 1.29 is 73.8 Å². The van der Waals surface area contributed by atoms with Crippen molar-refractivity contribution in [2.45, 2.75) is 365 Å². The van der Waals surface area contributed by atoms with E-state index in [0.29, 0.717) is 32.5 Å². The van der Waals surface area contributed by atoms with Gasteiger partial charge in [0.1, 0.15) is 48.8 Å². The first kappa shape index (κ1) is 80.5. The third-order valence-corrected chi connectivity index (χ3v) is 17.7. The fourth-order valence-corrected chi connectivity index (χ4v) is 12.1. The highest BCUT2D eigenvalue weighted by Gasteiger charge is 2.44. The Hall–Kier alpha value is -1.58. The fraction of sp³-hybridized carbons (Fsp3) is 0.971. The lowest BCUT2D eigenvalue weighted by Gasteiger charge is -2.39. The molecule has 0 radical (unpaired) electrons. The van der Waals surface area contributed by atoms with Crippen molar-refractivity contribution in [3.63, 3.8) is 0 Å². The number of hydrogen-bond acceptors (Lipinski definition) is 17. The van der Waals surface area contributed by atoms with Gasteiger partial charge in [-0.3, -0.25) is 14.5 Å². The minimum Gasteiger partial charge on any atom is -0.462 e. The minimum atomic E-state index is -1.55. The Balaban J connectivity index is 2.01. The average molecular weight is 1230 g/mol. The van der Waals surface area contributed by atoms with Gasteiger partial charge < -0.3 is 69.1 Å². The molecule has 0 bridgehead atoms. The van der Waals surface area contributed by atoms with Crippen molar-refractivity contribution in [2.75, 3.05) is 65.7 Å². The molecule has 510 valence electrons. The highest BCUT2D eigenvalue weighted by Crippen LogP contribution is 2.25. The molecule has 0 amide bonds. The molecule has 17 nitrogen and oxygen atoms in total. The summed E-state index contributed by atoms with van der Waals surface area (Å²) in [6.07, 6.45) is 34.7. The lowest BCUT2D eigenvalue weighted by atomic mass is 9.99. The van der Waals surface area contributed by atoms with Gasteiger partial charge in [-0.25, -0.2) is 0 Å². The molecule has 9 atom stereocenters. The number of unbranched alkanes of at least 4 members (excludes halogenated alkanes) is 28. The first-order valence-electron chi connectivity index (χ1n) is 35.9. The molecule has 2 fully saturated rings. The van der Waals surface area contributed by atoms with E-state index in [1.807, 2.05) is 0 Å². The number of esters is 2. The van der Waals surface area contributed by atoms with Crippen molar-refractivity contribution in [2.24, 2.45) is 0 Å². The number of ether oxygens (including phenoxy) is 6. The van der Waals surface area contributed by atoms with Crippen molar-refractivity contribution in [1.82, 2.24) is 9.80 Å². The second-order valence-corrected chi connectivity index (χ2v) is 25.6. The van der Waals surface area contributed by atoms with Gasteiger partial charge in [-0.2, -0.15) is 0 Å². The zero-order chi connectivity index (χ0) is 62.7. The number of aliphatic hydroxyl groups is 7. The first-order chi connectivity index (χ1) is 41.9. The largest absolute Gasteiger partial charge is 0.462 e. The van der Waals surface area contributed by atoms with Crippen molar-refractivity contribution in [3.05, 3.63) is 0 Å². The van der Waals surface area contributed by atoms with Crippen LogP contribution < -0.4 is 0 Å². The standard InChI is InChI=1S/C69H134N2O15/c1-5-9-13-17-23-31-40-57(41-32-24-18-14-10-6-2)83-63(76)44-35-27-21-29-37-46-70(47-38-30-22-28-36-45-64(77)84-58(42-33-25-19-15-11-7-3)43-34-26-20-16-12-8-4)48-39-49-71(50-52-81-68-60(75)54-59(74)61(55-72)85-68)51-53-82-69-67(80)66(79)65(78)62(56-73)86-69/h57-62,65-69,72-75,78-80H,5-56H2,1-4H3/t59?,60-,61+,62-,65+,66?,67+,68?,69?/m0/s1. The van der Waals surface area contributed by atoms with E-state index in [1.54, 1.807) is 0 Å². The molecule has 0 aromatic rings. The Bertz CT molecular complexity index is 1440. The number of nitrogens with zero attached hydrogens (tertiary/aromatic N) is 2. The third-order valence-electron chi connectivity index (χ3n) is 17.7. The summed E-state index contributed by atoms with van der Waals surface area (Å²) in [5.74, 6) is -0.0825. The van der Waals surface area contributed by atoms with E-state index in [9.17, 15) is 45.3 Å². The van der Waals surface area contributed by atoms with E-state index in [2.05, 4.69) is 37.5 Å².